The van der Waals surface area contributed by atoms with Gasteiger partial charge in [-0.05, 0) is 28.9 Å². The summed E-state index contributed by atoms with van der Waals surface area (Å²) in [4.78, 5) is 2.25. The monoisotopic (exact) mass is 304 g/mol. The third-order valence-electron chi connectivity index (χ3n) is 2.75. The number of rotatable bonds is 1. The molecule has 0 saturated carbocycles. The predicted octanol–water partition coefficient (Wildman–Crippen LogP) is 3.11. The summed E-state index contributed by atoms with van der Waals surface area (Å²) in [5.41, 5.74) is 7.32. The second-order valence-electron chi connectivity index (χ2n) is 3.94. The van der Waals surface area contributed by atoms with Crippen LogP contribution in [0.2, 0.25) is 0 Å². The maximum atomic E-state index is 13.3. The van der Waals surface area contributed by atoms with Crippen LogP contribution < -0.4 is 10.6 Å². The van der Waals surface area contributed by atoms with Crippen LogP contribution in [-0.4, -0.2) is 24.1 Å². The molecule has 1 aliphatic heterocycles. The molecule has 0 radical (unpaired) electrons. The van der Waals surface area contributed by atoms with Crippen molar-refractivity contribution < 1.29 is 4.39 Å². The molecule has 0 aliphatic carbocycles. The highest BCUT2D eigenvalue weighted by Gasteiger charge is 2.21. The molecule has 0 spiro atoms. The smallest absolute Gasteiger partial charge is 0.139 e. The first kappa shape index (κ1) is 12.0. The van der Waals surface area contributed by atoms with E-state index < -0.39 is 0 Å². The van der Waals surface area contributed by atoms with E-state index in [1.807, 2.05) is 11.8 Å². The molecular weight excluding hydrogens is 291 g/mol. The fourth-order valence-electron chi connectivity index (χ4n) is 1.89. The van der Waals surface area contributed by atoms with Gasteiger partial charge in [-0.15, -0.1) is 0 Å². The number of benzene rings is 1. The second-order valence-corrected chi connectivity index (χ2v) is 5.95. The van der Waals surface area contributed by atoms with E-state index in [2.05, 4.69) is 27.8 Å². The lowest BCUT2D eigenvalue weighted by Crippen LogP contribution is -2.40. The van der Waals surface area contributed by atoms with Gasteiger partial charge in [0.1, 0.15) is 5.82 Å². The van der Waals surface area contributed by atoms with Crippen molar-refractivity contribution in [1.82, 2.24) is 0 Å². The number of anilines is 2. The van der Waals surface area contributed by atoms with Gasteiger partial charge in [0.2, 0.25) is 0 Å². The van der Waals surface area contributed by atoms with E-state index in [4.69, 9.17) is 5.73 Å². The maximum Gasteiger partial charge on any atom is 0.139 e. The zero-order chi connectivity index (χ0) is 11.7. The van der Waals surface area contributed by atoms with Crippen LogP contribution in [0.25, 0.3) is 0 Å². The van der Waals surface area contributed by atoms with Crippen molar-refractivity contribution in [3.63, 3.8) is 0 Å². The Hall–Kier alpha value is -0.420. The minimum Gasteiger partial charge on any atom is -0.397 e. The zero-order valence-corrected chi connectivity index (χ0v) is 11.4. The lowest BCUT2D eigenvalue weighted by molar-refractivity contribution is 0.620. The molecule has 1 aromatic rings. The molecule has 5 heteroatoms. The van der Waals surface area contributed by atoms with Crippen molar-refractivity contribution in [2.45, 2.75) is 13.0 Å². The molecule has 1 saturated heterocycles. The van der Waals surface area contributed by atoms with Gasteiger partial charge in [0, 0.05) is 30.2 Å². The quantitative estimate of drug-likeness (QED) is 0.808. The third-order valence-corrected chi connectivity index (χ3v) is 4.54. The van der Waals surface area contributed by atoms with Gasteiger partial charge in [0.05, 0.1) is 15.8 Å². The van der Waals surface area contributed by atoms with Gasteiger partial charge < -0.3 is 10.6 Å². The zero-order valence-electron chi connectivity index (χ0n) is 9.04. The van der Waals surface area contributed by atoms with E-state index in [1.165, 1.54) is 6.07 Å². The molecule has 0 bridgehead atoms. The van der Waals surface area contributed by atoms with Crippen LogP contribution in [0.1, 0.15) is 6.92 Å². The highest BCUT2D eigenvalue weighted by atomic mass is 79.9. The Bertz CT molecular complexity index is 400. The molecule has 1 aliphatic rings. The van der Waals surface area contributed by atoms with Gasteiger partial charge in [0.15, 0.2) is 0 Å². The molecule has 1 unspecified atom stereocenters. The standard InChI is InChI=1S/C11H14BrFN2S/c1-7-6-16-3-2-15(7)11-4-8(12)9(13)5-10(11)14/h4-5,7H,2-3,6,14H2,1H3. The summed E-state index contributed by atoms with van der Waals surface area (Å²) < 4.78 is 13.7. The number of nitrogen functional groups attached to an aromatic ring is 1. The van der Waals surface area contributed by atoms with Crippen molar-refractivity contribution in [3.8, 4) is 0 Å². The van der Waals surface area contributed by atoms with E-state index in [0.29, 0.717) is 16.2 Å². The van der Waals surface area contributed by atoms with Crippen molar-refractivity contribution in [2.24, 2.45) is 0 Å². The summed E-state index contributed by atoms with van der Waals surface area (Å²) in [6.07, 6.45) is 0. The van der Waals surface area contributed by atoms with Crippen LogP contribution in [0.3, 0.4) is 0 Å². The summed E-state index contributed by atoms with van der Waals surface area (Å²) in [6.45, 7) is 3.14. The van der Waals surface area contributed by atoms with Crippen LogP contribution in [0, 0.1) is 5.82 Å². The molecule has 88 valence electrons. The molecular formula is C11H14BrFN2S. The minimum absolute atomic E-state index is 0.305. The van der Waals surface area contributed by atoms with Crippen LogP contribution in [0.5, 0.6) is 0 Å². The average molecular weight is 305 g/mol. The van der Waals surface area contributed by atoms with E-state index >= 15 is 0 Å². The SMILES string of the molecule is CC1CSCCN1c1cc(Br)c(F)cc1N. The largest absolute Gasteiger partial charge is 0.397 e. The Morgan fingerprint density at radius 2 is 2.31 bits per heavy atom. The molecule has 2 nitrogen and oxygen atoms in total. The van der Waals surface area contributed by atoms with Crippen molar-refractivity contribution in [3.05, 3.63) is 22.4 Å². The van der Waals surface area contributed by atoms with Crippen molar-refractivity contribution in [2.75, 3.05) is 28.7 Å². The number of hydrogen-bond donors (Lipinski definition) is 1. The molecule has 1 fully saturated rings. The van der Waals surface area contributed by atoms with Gasteiger partial charge in [-0.3, -0.25) is 0 Å². The van der Waals surface area contributed by atoms with Gasteiger partial charge in [-0.1, -0.05) is 0 Å². The number of nitrogens with zero attached hydrogens (tertiary/aromatic N) is 1. The first-order valence-corrected chi connectivity index (χ1v) is 7.13. The molecule has 2 rings (SSSR count). The van der Waals surface area contributed by atoms with E-state index in [1.54, 1.807) is 6.07 Å². The first-order chi connectivity index (χ1) is 7.59. The second kappa shape index (κ2) is 4.84. The summed E-state index contributed by atoms with van der Waals surface area (Å²) in [7, 11) is 0. The average Bonchev–Trinajstić information content (AvgIpc) is 2.25. The normalized spacial score (nSPS) is 21.2. The number of halogens is 2. The molecule has 1 atom stereocenters. The Morgan fingerprint density at radius 1 is 1.56 bits per heavy atom. The third kappa shape index (κ3) is 2.30. The number of thioether (sulfide) groups is 1. The van der Waals surface area contributed by atoms with Gasteiger partial charge in [-0.2, -0.15) is 11.8 Å². The molecule has 1 heterocycles. The summed E-state index contributed by atoms with van der Waals surface area (Å²) in [5, 5.41) is 0. The van der Waals surface area contributed by atoms with Crippen molar-refractivity contribution >= 4 is 39.1 Å². The first-order valence-electron chi connectivity index (χ1n) is 5.18. The summed E-state index contributed by atoms with van der Waals surface area (Å²) in [6, 6.07) is 3.60. The Balaban J connectivity index is 2.35. The molecule has 2 N–H and O–H groups in total. The number of hydrogen-bond acceptors (Lipinski definition) is 3. The number of nitrogens with two attached hydrogens (primary N) is 1. The van der Waals surface area contributed by atoms with E-state index in [-0.39, 0.29) is 5.82 Å². The molecule has 1 aromatic carbocycles. The fourth-order valence-corrected chi connectivity index (χ4v) is 3.23. The van der Waals surface area contributed by atoms with Crippen LogP contribution in [0.15, 0.2) is 16.6 Å². The highest BCUT2D eigenvalue weighted by Crippen LogP contribution is 2.33. The van der Waals surface area contributed by atoms with Crippen LogP contribution in [-0.2, 0) is 0 Å². The van der Waals surface area contributed by atoms with E-state index in [9.17, 15) is 4.39 Å². The Labute approximate surface area is 108 Å². The summed E-state index contributed by atoms with van der Waals surface area (Å²) in [5.74, 6) is 1.88. The topological polar surface area (TPSA) is 29.3 Å². The van der Waals surface area contributed by atoms with Gasteiger partial charge in [-0.25, -0.2) is 4.39 Å². The van der Waals surface area contributed by atoms with Crippen molar-refractivity contribution in [1.29, 1.82) is 0 Å². The minimum atomic E-state index is -0.305. The molecule has 16 heavy (non-hydrogen) atoms. The Kier molecular flexibility index (Phi) is 3.64. The van der Waals surface area contributed by atoms with Gasteiger partial charge in [0.25, 0.3) is 0 Å². The summed E-state index contributed by atoms with van der Waals surface area (Å²) >= 11 is 5.15. The lowest BCUT2D eigenvalue weighted by atomic mass is 10.2. The van der Waals surface area contributed by atoms with Gasteiger partial charge >= 0.3 is 0 Å². The van der Waals surface area contributed by atoms with E-state index in [0.717, 1.165) is 23.7 Å². The molecule has 0 amide bonds. The lowest BCUT2D eigenvalue weighted by Gasteiger charge is -2.35. The van der Waals surface area contributed by atoms with Crippen LogP contribution >= 0.6 is 27.7 Å². The fraction of sp³-hybridized carbons (Fsp3) is 0.455. The highest BCUT2D eigenvalue weighted by molar-refractivity contribution is 9.10. The predicted molar refractivity (Wildman–Crippen MR) is 72.6 cm³/mol. The molecule has 0 aromatic heterocycles. The Morgan fingerprint density at radius 3 is 3.00 bits per heavy atom. The van der Waals surface area contributed by atoms with Crippen LogP contribution in [0.4, 0.5) is 15.8 Å². The maximum absolute atomic E-state index is 13.3.